The van der Waals surface area contributed by atoms with Gasteiger partial charge in [0.05, 0.1) is 0 Å². The number of rotatable bonds is 4. The zero-order valence-corrected chi connectivity index (χ0v) is 11.8. The summed E-state index contributed by atoms with van der Waals surface area (Å²) in [6, 6.07) is 5.43. The van der Waals surface area contributed by atoms with Crippen molar-refractivity contribution in [3.63, 3.8) is 0 Å². The van der Waals surface area contributed by atoms with E-state index in [0.717, 1.165) is 38.2 Å². The fraction of sp³-hybridized carbons (Fsp3) is 0.600. The van der Waals surface area contributed by atoms with Crippen molar-refractivity contribution < 1.29 is 10.2 Å². The van der Waals surface area contributed by atoms with Crippen LogP contribution in [0.1, 0.15) is 31.9 Å². The molecule has 0 spiro atoms. The van der Waals surface area contributed by atoms with Crippen molar-refractivity contribution in [1.29, 1.82) is 0 Å². The Kier molecular flexibility index (Phi) is 4.66. The molecule has 0 aromatic heterocycles. The molecular formula is C15H24N2O2. The first-order valence-electron chi connectivity index (χ1n) is 7.05. The van der Waals surface area contributed by atoms with Gasteiger partial charge >= 0.3 is 0 Å². The zero-order chi connectivity index (χ0) is 13.8. The molecule has 3 N–H and O–H groups in total. The lowest BCUT2D eigenvalue weighted by Crippen LogP contribution is -2.45. The molecule has 19 heavy (non-hydrogen) atoms. The van der Waals surface area contributed by atoms with E-state index in [1.165, 1.54) is 6.07 Å². The van der Waals surface area contributed by atoms with Gasteiger partial charge in [-0.3, -0.25) is 4.90 Å². The summed E-state index contributed by atoms with van der Waals surface area (Å²) in [6.45, 7) is 8.30. The molecule has 2 rings (SSSR count). The molecule has 0 saturated carbocycles. The van der Waals surface area contributed by atoms with Crippen LogP contribution in [0.2, 0.25) is 0 Å². The van der Waals surface area contributed by atoms with Crippen LogP contribution in [-0.4, -0.2) is 41.3 Å². The van der Waals surface area contributed by atoms with Crippen molar-refractivity contribution in [3.05, 3.63) is 23.8 Å². The number of hydrogen-bond acceptors (Lipinski definition) is 4. The fourth-order valence-electron chi connectivity index (χ4n) is 2.73. The minimum Gasteiger partial charge on any atom is -0.504 e. The molecule has 1 fully saturated rings. The summed E-state index contributed by atoms with van der Waals surface area (Å²) in [4.78, 5) is 2.39. The van der Waals surface area contributed by atoms with Gasteiger partial charge in [-0.2, -0.15) is 0 Å². The molecule has 4 heteroatoms. The number of nitrogens with zero attached hydrogens (tertiary/aromatic N) is 1. The van der Waals surface area contributed by atoms with E-state index in [9.17, 15) is 10.2 Å². The molecule has 1 aliphatic heterocycles. The van der Waals surface area contributed by atoms with E-state index < -0.39 is 0 Å². The van der Waals surface area contributed by atoms with Crippen LogP contribution in [0.25, 0.3) is 0 Å². The predicted octanol–water partition coefficient (Wildman–Crippen LogP) is 2.09. The van der Waals surface area contributed by atoms with Gasteiger partial charge in [-0.25, -0.2) is 0 Å². The highest BCUT2D eigenvalue weighted by molar-refractivity contribution is 5.46. The average Bonchev–Trinajstić information content (AvgIpc) is 2.40. The normalized spacial score (nSPS) is 18.7. The van der Waals surface area contributed by atoms with Crippen LogP contribution in [0.15, 0.2) is 18.2 Å². The topological polar surface area (TPSA) is 55.7 Å². The minimum absolute atomic E-state index is 0.0265. The molecule has 0 aliphatic carbocycles. The number of piperazine rings is 1. The summed E-state index contributed by atoms with van der Waals surface area (Å²) in [5.74, 6) is 0.551. The third kappa shape index (κ3) is 3.39. The van der Waals surface area contributed by atoms with Gasteiger partial charge in [0, 0.05) is 37.8 Å². The first kappa shape index (κ1) is 14.2. The van der Waals surface area contributed by atoms with E-state index in [0.29, 0.717) is 5.92 Å². The predicted molar refractivity (Wildman–Crippen MR) is 76.4 cm³/mol. The molecule has 1 atom stereocenters. The maximum atomic E-state index is 10.1. The fourth-order valence-corrected chi connectivity index (χ4v) is 2.73. The molecule has 4 nitrogen and oxygen atoms in total. The largest absolute Gasteiger partial charge is 0.504 e. The summed E-state index contributed by atoms with van der Waals surface area (Å²) in [5, 5.41) is 23.2. The lowest BCUT2D eigenvalue weighted by molar-refractivity contribution is 0.151. The number of aromatic hydroxyl groups is 2. The molecule has 1 aromatic rings. The van der Waals surface area contributed by atoms with Crippen molar-refractivity contribution >= 4 is 0 Å². The Morgan fingerprint density at radius 3 is 2.53 bits per heavy atom. The summed E-state index contributed by atoms with van der Waals surface area (Å²) in [7, 11) is 0. The van der Waals surface area contributed by atoms with E-state index >= 15 is 0 Å². The highest BCUT2D eigenvalue weighted by atomic mass is 16.3. The number of phenols is 2. The molecule has 0 radical (unpaired) electrons. The van der Waals surface area contributed by atoms with Crippen LogP contribution >= 0.6 is 0 Å². The summed E-state index contributed by atoms with van der Waals surface area (Å²) in [6.07, 6.45) is 0.983. The highest BCUT2D eigenvalue weighted by Gasteiger charge is 2.26. The molecule has 0 unspecified atom stereocenters. The molecule has 1 saturated heterocycles. The lowest BCUT2D eigenvalue weighted by atomic mass is 9.94. The van der Waals surface area contributed by atoms with E-state index in [2.05, 4.69) is 24.1 Å². The summed E-state index contributed by atoms with van der Waals surface area (Å²) < 4.78 is 0. The van der Waals surface area contributed by atoms with Crippen molar-refractivity contribution in [2.24, 2.45) is 5.92 Å². The van der Waals surface area contributed by atoms with Crippen molar-refractivity contribution in [1.82, 2.24) is 10.2 Å². The van der Waals surface area contributed by atoms with Gasteiger partial charge in [-0.1, -0.05) is 26.0 Å². The van der Waals surface area contributed by atoms with Gasteiger partial charge in [0.15, 0.2) is 11.5 Å². The molecular weight excluding hydrogens is 240 g/mol. The second-order valence-corrected chi connectivity index (χ2v) is 5.65. The van der Waals surface area contributed by atoms with Crippen molar-refractivity contribution in [2.75, 3.05) is 26.2 Å². The Hall–Kier alpha value is -1.26. The Morgan fingerprint density at radius 2 is 1.89 bits per heavy atom. The summed E-state index contributed by atoms with van der Waals surface area (Å²) >= 11 is 0. The SMILES string of the molecule is CC(C)C[C@H](c1cccc(O)c1O)N1CCNCC1. The Labute approximate surface area is 115 Å². The van der Waals surface area contributed by atoms with Gasteiger partial charge in [-0.05, 0) is 18.4 Å². The average molecular weight is 264 g/mol. The second-order valence-electron chi connectivity index (χ2n) is 5.65. The van der Waals surface area contributed by atoms with Crippen LogP contribution in [0.3, 0.4) is 0 Å². The lowest BCUT2D eigenvalue weighted by Gasteiger charge is -2.36. The molecule has 1 aromatic carbocycles. The third-order valence-corrected chi connectivity index (χ3v) is 3.69. The first-order chi connectivity index (χ1) is 9.09. The number of benzene rings is 1. The number of para-hydroxylation sites is 1. The van der Waals surface area contributed by atoms with Gasteiger partial charge in [0.25, 0.3) is 0 Å². The van der Waals surface area contributed by atoms with Crippen molar-refractivity contribution in [3.8, 4) is 11.5 Å². The highest BCUT2D eigenvalue weighted by Crippen LogP contribution is 2.38. The van der Waals surface area contributed by atoms with Crippen LogP contribution in [0, 0.1) is 5.92 Å². The van der Waals surface area contributed by atoms with E-state index in [1.54, 1.807) is 6.07 Å². The third-order valence-electron chi connectivity index (χ3n) is 3.69. The molecule has 1 aliphatic rings. The van der Waals surface area contributed by atoms with Crippen LogP contribution in [0.4, 0.5) is 0 Å². The van der Waals surface area contributed by atoms with E-state index in [-0.39, 0.29) is 17.5 Å². The minimum atomic E-state index is -0.0265. The number of nitrogens with one attached hydrogen (secondary N) is 1. The Bertz CT molecular complexity index is 415. The molecule has 1 heterocycles. The number of hydrogen-bond donors (Lipinski definition) is 3. The zero-order valence-electron chi connectivity index (χ0n) is 11.8. The maximum Gasteiger partial charge on any atom is 0.162 e. The van der Waals surface area contributed by atoms with Gasteiger partial charge < -0.3 is 15.5 Å². The van der Waals surface area contributed by atoms with Crippen LogP contribution in [0.5, 0.6) is 11.5 Å². The molecule has 0 amide bonds. The summed E-state index contributed by atoms with van der Waals surface area (Å²) in [5.41, 5.74) is 0.843. The monoisotopic (exact) mass is 264 g/mol. The standard InChI is InChI=1S/C15H24N2O2/c1-11(2)10-13(17-8-6-16-7-9-17)12-4-3-5-14(18)15(12)19/h3-5,11,13,16,18-19H,6-10H2,1-2H3/t13-/m1/s1. The second kappa shape index (κ2) is 6.26. The van der Waals surface area contributed by atoms with Crippen LogP contribution < -0.4 is 5.32 Å². The molecule has 0 bridgehead atoms. The quantitative estimate of drug-likeness (QED) is 0.729. The maximum absolute atomic E-state index is 10.1. The van der Waals surface area contributed by atoms with Gasteiger partial charge in [0.1, 0.15) is 0 Å². The Morgan fingerprint density at radius 1 is 1.21 bits per heavy atom. The van der Waals surface area contributed by atoms with Gasteiger partial charge in [0.2, 0.25) is 0 Å². The number of phenolic OH excluding ortho intramolecular Hbond substituents is 2. The van der Waals surface area contributed by atoms with Crippen molar-refractivity contribution in [2.45, 2.75) is 26.3 Å². The van der Waals surface area contributed by atoms with Gasteiger partial charge in [-0.15, -0.1) is 0 Å². The smallest absolute Gasteiger partial charge is 0.162 e. The Balaban J connectivity index is 2.27. The van der Waals surface area contributed by atoms with E-state index in [1.807, 2.05) is 6.07 Å². The first-order valence-corrected chi connectivity index (χ1v) is 7.05. The molecule has 106 valence electrons. The van der Waals surface area contributed by atoms with Crippen LogP contribution in [-0.2, 0) is 0 Å². The van der Waals surface area contributed by atoms with E-state index in [4.69, 9.17) is 0 Å².